The highest BCUT2D eigenvalue weighted by Crippen LogP contribution is 2.59. The van der Waals surface area contributed by atoms with Crippen molar-refractivity contribution in [2.75, 3.05) is 17.2 Å². The van der Waals surface area contributed by atoms with Gasteiger partial charge in [0.2, 0.25) is 5.95 Å². The van der Waals surface area contributed by atoms with Gasteiger partial charge in [-0.3, -0.25) is 0 Å². The summed E-state index contributed by atoms with van der Waals surface area (Å²) in [5.41, 5.74) is 7.65. The van der Waals surface area contributed by atoms with Crippen molar-refractivity contribution in [2.24, 2.45) is 28.9 Å². The van der Waals surface area contributed by atoms with Crippen LogP contribution in [-0.4, -0.2) is 22.6 Å². The summed E-state index contributed by atoms with van der Waals surface area (Å²) >= 11 is 0. The number of anilines is 2. The molecule has 1 aromatic heterocycles. The second-order valence-corrected chi connectivity index (χ2v) is 9.57. The predicted octanol–water partition coefficient (Wildman–Crippen LogP) is 3.80. The second kappa shape index (κ2) is 7.72. The summed E-state index contributed by atoms with van der Waals surface area (Å²) in [7, 11) is 0. The lowest BCUT2D eigenvalue weighted by Crippen LogP contribution is -2.58. The molecular formula is C23H26F2N6. The average molecular weight is 424 g/mol. The summed E-state index contributed by atoms with van der Waals surface area (Å²) in [5.74, 6) is 1.06. The van der Waals surface area contributed by atoms with Crippen LogP contribution in [0.4, 0.5) is 20.5 Å². The van der Waals surface area contributed by atoms with E-state index in [0.29, 0.717) is 40.8 Å². The molecule has 0 amide bonds. The van der Waals surface area contributed by atoms with E-state index in [9.17, 15) is 14.0 Å². The number of hydrogen-bond donors (Lipinski definition) is 3. The number of aromatic nitrogens is 2. The Hall–Kier alpha value is -2.79. The van der Waals surface area contributed by atoms with E-state index in [4.69, 9.17) is 5.73 Å². The number of nitrogens with two attached hydrogens (primary N) is 1. The van der Waals surface area contributed by atoms with Crippen LogP contribution in [0.1, 0.15) is 43.2 Å². The quantitative estimate of drug-likeness (QED) is 0.652. The van der Waals surface area contributed by atoms with E-state index in [-0.39, 0.29) is 12.0 Å². The minimum absolute atomic E-state index is 0.225. The summed E-state index contributed by atoms with van der Waals surface area (Å²) in [5, 5.41) is 15.9. The highest BCUT2D eigenvalue weighted by atomic mass is 19.2. The largest absolute Gasteiger partial charge is 0.368 e. The summed E-state index contributed by atoms with van der Waals surface area (Å²) in [6, 6.07) is 6.23. The van der Waals surface area contributed by atoms with E-state index in [1.807, 2.05) is 0 Å². The molecule has 4 saturated carbocycles. The van der Waals surface area contributed by atoms with Gasteiger partial charge in [0, 0.05) is 19.1 Å². The Morgan fingerprint density at radius 2 is 1.90 bits per heavy atom. The SMILES string of the molecule is N#Cc1cnc(NCc2ccc(F)c(F)c2)nc1NC[C@]12CC3C[C@H](C1)[C@@H](N)[C@@H](C3)C2. The normalized spacial score (nSPS) is 30.8. The number of benzene rings is 1. The number of nitrogens with one attached hydrogen (secondary N) is 2. The van der Waals surface area contributed by atoms with Gasteiger partial charge >= 0.3 is 0 Å². The molecule has 162 valence electrons. The van der Waals surface area contributed by atoms with Gasteiger partial charge in [-0.05, 0) is 73.0 Å². The van der Waals surface area contributed by atoms with Gasteiger partial charge < -0.3 is 16.4 Å². The summed E-state index contributed by atoms with van der Waals surface area (Å²) in [6.45, 7) is 1.02. The Labute approximate surface area is 180 Å². The predicted molar refractivity (Wildman–Crippen MR) is 113 cm³/mol. The van der Waals surface area contributed by atoms with Crippen LogP contribution >= 0.6 is 0 Å². The van der Waals surface area contributed by atoms with Crippen molar-refractivity contribution in [1.82, 2.24) is 9.97 Å². The molecule has 1 heterocycles. The van der Waals surface area contributed by atoms with Crippen LogP contribution in [0.25, 0.3) is 0 Å². The van der Waals surface area contributed by atoms with Gasteiger partial charge in [0.1, 0.15) is 17.5 Å². The zero-order valence-electron chi connectivity index (χ0n) is 17.2. The topological polar surface area (TPSA) is 99.6 Å². The highest BCUT2D eigenvalue weighted by Gasteiger charge is 2.54. The molecule has 0 saturated heterocycles. The summed E-state index contributed by atoms with van der Waals surface area (Å²) in [6.07, 6.45) is 7.50. The number of rotatable bonds is 6. The third-order valence-electron chi connectivity index (χ3n) is 7.45. The standard InChI is InChI=1S/C23H26F2N6/c24-18-2-1-13(5-19(18)25)10-28-22-29-11-17(9-26)21(31-22)30-12-23-6-14-3-15(7-23)20(27)16(4-14)8-23/h1-2,5,11,14-16,20H,3-4,6-8,10,12,27H2,(H2,28,29,30,31)/t14?,15-,16+,20-,23-. The van der Waals surface area contributed by atoms with Crippen molar-refractivity contribution < 1.29 is 8.78 Å². The zero-order chi connectivity index (χ0) is 21.6. The maximum Gasteiger partial charge on any atom is 0.224 e. The highest BCUT2D eigenvalue weighted by molar-refractivity contribution is 5.53. The fraction of sp³-hybridized carbons (Fsp3) is 0.522. The first-order chi connectivity index (χ1) is 14.9. The maximum atomic E-state index is 13.4. The molecule has 6 nitrogen and oxygen atoms in total. The molecule has 4 fully saturated rings. The van der Waals surface area contributed by atoms with Gasteiger partial charge in [-0.2, -0.15) is 10.2 Å². The third kappa shape index (κ3) is 3.83. The van der Waals surface area contributed by atoms with E-state index >= 15 is 0 Å². The summed E-state index contributed by atoms with van der Waals surface area (Å²) < 4.78 is 26.5. The molecule has 1 aromatic carbocycles. The van der Waals surface area contributed by atoms with E-state index < -0.39 is 11.6 Å². The van der Waals surface area contributed by atoms with Crippen LogP contribution in [0, 0.1) is 46.1 Å². The Morgan fingerprint density at radius 3 is 2.61 bits per heavy atom. The molecule has 2 aromatic rings. The molecule has 5 atom stereocenters. The smallest absolute Gasteiger partial charge is 0.224 e. The summed E-state index contributed by atoms with van der Waals surface area (Å²) in [4.78, 5) is 8.66. The molecule has 4 aliphatic rings. The maximum absolute atomic E-state index is 13.4. The Bertz CT molecular complexity index is 1020. The number of halogens is 2. The van der Waals surface area contributed by atoms with Gasteiger partial charge in [-0.15, -0.1) is 0 Å². The van der Waals surface area contributed by atoms with Crippen molar-refractivity contribution in [3.63, 3.8) is 0 Å². The number of nitrogens with zero attached hydrogens (tertiary/aromatic N) is 3. The van der Waals surface area contributed by atoms with Crippen LogP contribution in [0.15, 0.2) is 24.4 Å². The van der Waals surface area contributed by atoms with Crippen LogP contribution < -0.4 is 16.4 Å². The lowest BCUT2D eigenvalue weighted by atomic mass is 9.48. The van der Waals surface area contributed by atoms with Crippen molar-refractivity contribution >= 4 is 11.8 Å². The van der Waals surface area contributed by atoms with Gasteiger partial charge in [-0.25, -0.2) is 13.8 Å². The van der Waals surface area contributed by atoms with Crippen molar-refractivity contribution in [3.8, 4) is 6.07 Å². The fourth-order valence-electron chi connectivity index (χ4n) is 6.23. The third-order valence-corrected chi connectivity index (χ3v) is 7.45. The molecule has 8 heteroatoms. The average Bonchev–Trinajstić information content (AvgIpc) is 2.76. The van der Waals surface area contributed by atoms with Gasteiger partial charge in [-0.1, -0.05) is 6.07 Å². The first-order valence-electron chi connectivity index (χ1n) is 10.9. The number of hydrogen-bond acceptors (Lipinski definition) is 6. The minimum Gasteiger partial charge on any atom is -0.368 e. The molecule has 0 spiro atoms. The number of nitriles is 1. The molecular weight excluding hydrogens is 398 g/mol. The fourth-order valence-corrected chi connectivity index (χ4v) is 6.23. The van der Waals surface area contributed by atoms with Crippen LogP contribution in [-0.2, 0) is 6.54 Å². The Morgan fingerprint density at radius 1 is 1.13 bits per heavy atom. The first-order valence-corrected chi connectivity index (χ1v) is 10.9. The van der Waals surface area contributed by atoms with Crippen molar-refractivity contribution in [1.29, 1.82) is 5.26 Å². The lowest BCUT2D eigenvalue weighted by Gasteiger charge is -2.59. The lowest BCUT2D eigenvalue weighted by molar-refractivity contribution is -0.0591. The molecule has 4 aliphatic carbocycles. The first kappa shape index (κ1) is 20.1. The Kier molecular flexibility index (Phi) is 5.01. The molecule has 4 N–H and O–H groups in total. The van der Waals surface area contributed by atoms with E-state index in [2.05, 4.69) is 26.7 Å². The monoisotopic (exact) mass is 424 g/mol. The van der Waals surface area contributed by atoms with Crippen LogP contribution in [0.3, 0.4) is 0 Å². The van der Waals surface area contributed by atoms with Crippen molar-refractivity contribution in [2.45, 2.75) is 44.7 Å². The van der Waals surface area contributed by atoms with Gasteiger partial charge in [0.25, 0.3) is 0 Å². The minimum atomic E-state index is -0.891. The molecule has 31 heavy (non-hydrogen) atoms. The van der Waals surface area contributed by atoms with Gasteiger partial charge in [0.05, 0.1) is 6.20 Å². The van der Waals surface area contributed by atoms with Crippen LogP contribution in [0.5, 0.6) is 0 Å². The molecule has 4 bridgehead atoms. The molecule has 0 radical (unpaired) electrons. The van der Waals surface area contributed by atoms with E-state index in [0.717, 1.165) is 37.4 Å². The zero-order valence-corrected chi connectivity index (χ0v) is 17.2. The van der Waals surface area contributed by atoms with Gasteiger partial charge in [0.15, 0.2) is 11.6 Å². The Balaban J connectivity index is 1.28. The van der Waals surface area contributed by atoms with E-state index in [1.54, 1.807) is 0 Å². The van der Waals surface area contributed by atoms with Crippen LogP contribution in [0.2, 0.25) is 0 Å². The molecule has 1 unspecified atom stereocenters. The molecule has 6 rings (SSSR count). The van der Waals surface area contributed by atoms with E-state index in [1.165, 1.54) is 31.5 Å². The van der Waals surface area contributed by atoms with Crippen molar-refractivity contribution in [3.05, 3.63) is 47.2 Å². The second-order valence-electron chi connectivity index (χ2n) is 9.57. The molecule has 0 aliphatic heterocycles.